The summed E-state index contributed by atoms with van der Waals surface area (Å²) in [7, 11) is 1.47. The first kappa shape index (κ1) is 37.5. The van der Waals surface area contributed by atoms with Crippen LogP contribution in [0.4, 0.5) is 21.9 Å². The van der Waals surface area contributed by atoms with Crippen molar-refractivity contribution >= 4 is 63.9 Å². The number of carbonyl (C=O) groups excluding carboxylic acids is 3. The van der Waals surface area contributed by atoms with Gasteiger partial charge >= 0.3 is 6.03 Å². The number of amides is 4. The number of anilines is 3. The first-order valence-electron chi connectivity index (χ1n) is 16.4. The van der Waals surface area contributed by atoms with Crippen LogP contribution in [0.15, 0.2) is 59.7 Å². The van der Waals surface area contributed by atoms with E-state index in [0.717, 1.165) is 23.4 Å². The van der Waals surface area contributed by atoms with Crippen LogP contribution in [0.3, 0.4) is 0 Å². The third-order valence-electron chi connectivity index (χ3n) is 9.05. The number of hydrogen-bond donors (Lipinski definition) is 3. The Balaban J connectivity index is 1.44. The van der Waals surface area contributed by atoms with Crippen molar-refractivity contribution in [3.63, 3.8) is 0 Å². The zero-order valence-electron chi connectivity index (χ0n) is 29.3. The highest BCUT2D eigenvalue weighted by Crippen LogP contribution is 2.40. The molecule has 12 heteroatoms. The van der Waals surface area contributed by atoms with Crippen LogP contribution in [0.25, 0.3) is 0 Å². The molecule has 1 unspecified atom stereocenters. The van der Waals surface area contributed by atoms with Gasteiger partial charge < -0.3 is 20.1 Å². The summed E-state index contributed by atoms with van der Waals surface area (Å²) in [5, 5.41) is 13.8. The highest BCUT2D eigenvalue weighted by Gasteiger charge is 2.31. The van der Waals surface area contributed by atoms with E-state index < -0.39 is 18.0 Å². The van der Waals surface area contributed by atoms with Crippen LogP contribution in [0.5, 0.6) is 11.5 Å². The predicted molar refractivity (Wildman–Crippen MR) is 198 cm³/mol. The van der Waals surface area contributed by atoms with Crippen molar-refractivity contribution in [3.05, 3.63) is 75.8 Å². The molecule has 1 aliphatic heterocycles. The standard InChI is InChI=1S/C37H45Cl2N5O5/c1-9-29(49-30-16-15-22(36(4,5)10-2)17-26(30)37(6,7)11-3)34(46)40-23-13-12-14-24(18-23)41-35(47)42-31-21-32(45)44(43-31)33-27(38)19-25(48-8)20-28(33)39/h12-20,29H,9-11,21H2,1-8H3,(H,40,46)(H2,41,42,43,47). The highest BCUT2D eigenvalue weighted by molar-refractivity contribution is 6.40. The monoisotopic (exact) mass is 709 g/mol. The van der Waals surface area contributed by atoms with E-state index in [0.29, 0.717) is 29.3 Å². The molecule has 1 heterocycles. The van der Waals surface area contributed by atoms with Crippen molar-refractivity contribution in [3.8, 4) is 11.5 Å². The summed E-state index contributed by atoms with van der Waals surface area (Å²) in [6.07, 6.45) is 1.44. The van der Waals surface area contributed by atoms with E-state index in [9.17, 15) is 14.4 Å². The quantitative estimate of drug-likeness (QED) is 0.173. The molecule has 4 amide bonds. The fraction of sp³-hybridized carbons (Fsp3) is 0.405. The first-order valence-corrected chi connectivity index (χ1v) is 17.1. The molecule has 0 radical (unpaired) electrons. The Hall–Kier alpha value is -4.28. The van der Waals surface area contributed by atoms with E-state index in [1.54, 1.807) is 24.3 Å². The molecule has 3 aromatic carbocycles. The number of nitrogens with one attached hydrogen (secondary N) is 3. The molecule has 0 aromatic heterocycles. The Bertz CT molecular complexity index is 1730. The molecule has 10 nitrogen and oxygen atoms in total. The number of ether oxygens (including phenoxy) is 2. The largest absolute Gasteiger partial charge is 0.497 e. The Morgan fingerprint density at radius 2 is 1.53 bits per heavy atom. The van der Waals surface area contributed by atoms with Gasteiger partial charge in [-0.15, -0.1) is 0 Å². The summed E-state index contributed by atoms with van der Waals surface area (Å²) >= 11 is 12.7. The maximum Gasteiger partial charge on any atom is 0.324 e. The number of urea groups is 1. The lowest BCUT2D eigenvalue weighted by molar-refractivity contribution is -0.123. The summed E-state index contributed by atoms with van der Waals surface area (Å²) in [5.74, 6) is 0.495. The van der Waals surface area contributed by atoms with Crippen molar-refractivity contribution in [2.45, 2.75) is 91.1 Å². The van der Waals surface area contributed by atoms with E-state index in [4.69, 9.17) is 32.7 Å². The molecule has 1 atom stereocenters. The average molecular weight is 711 g/mol. The van der Waals surface area contributed by atoms with Gasteiger partial charge in [0.05, 0.1) is 23.6 Å². The lowest BCUT2D eigenvalue weighted by atomic mass is 9.76. The SMILES string of the molecule is CCC(Oc1ccc(C(C)(C)CC)cc1C(C)(C)CC)C(=O)Nc1cccc(NC(=O)NC2=NN(c3c(Cl)cc(OC)cc3Cl)C(=O)C2)c1. The van der Waals surface area contributed by atoms with Gasteiger partial charge in [-0.25, -0.2) is 4.79 Å². The Morgan fingerprint density at radius 1 is 0.898 bits per heavy atom. The van der Waals surface area contributed by atoms with Gasteiger partial charge in [0.25, 0.3) is 11.8 Å². The van der Waals surface area contributed by atoms with Crippen molar-refractivity contribution in [2.24, 2.45) is 5.10 Å². The van der Waals surface area contributed by atoms with E-state index >= 15 is 0 Å². The summed E-state index contributed by atoms with van der Waals surface area (Å²) in [5.41, 5.74) is 3.24. The van der Waals surface area contributed by atoms with Crippen LogP contribution in [0, 0.1) is 0 Å². The Labute approximate surface area is 298 Å². The predicted octanol–water partition coefficient (Wildman–Crippen LogP) is 9.05. The van der Waals surface area contributed by atoms with Crippen LogP contribution in [-0.4, -0.2) is 36.9 Å². The minimum absolute atomic E-state index is 0.0107. The molecule has 0 spiro atoms. The van der Waals surface area contributed by atoms with Gasteiger partial charge in [0, 0.05) is 29.1 Å². The molecular formula is C37H45Cl2N5O5. The van der Waals surface area contributed by atoms with Crippen molar-refractivity contribution in [1.82, 2.24) is 5.32 Å². The highest BCUT2D eigenvalue weighted by atomic mass is 35.5. The van der Waals surface area contributed by atoms with Gasteiger partial charge in [-0.1, -0.05) is 89.9 Å². The van der Waals surface area contributed by atoms with Gasteiger partial charge in [0.15, 0.2) is 6.10 Å². The Morgan fingerprint density at radius 3 is 2.12 bits per heavy atom. The maximum absolute atomic E-state index is 13.5. The fourth-order valence-electron chi connectivity index (χ4n) is 5.18. The van der Waals surface area contributed by atoms with E-state index in [-0.39, 0.29) is 44.7 Å². The molecular weight excluding hydrogens is 665 g/mol. The number of halogens is 2. The number of benzene rings is 3. The maximum atomic E-state index is 13.5. The Kier molecular flexibility index (Phi) is 11.9. The van der Waals surface area contributed by atoms with E-state index in [1.807, 2.05) is 13.0 Å². The smallest absolute Gasteiger partial charge is 0.324 e. The van der Waals surface area contributed by atoms with Crippen LogP contribution >= 0.6 is 23.2 Å². The van der Waals surface area contributed by atoms with E-state index in [1.165, 1.54) is 24.8 Å². The number of methoxy groups -OCH3 is 1. The number of rotatable bonds is 12. The average Bonchev–Trinajstić information content (AvgIpc) is 3.41. The molecule has 0 bridgehead atoms. The third kappa shape index (κ3) is 8.85. The molecule has 3 N–H and O–H groups in total. The van der Waals surface area contributed by atoms with Gasteiger partial charge in [0.1, 0.15) is 23.0 Å². The van der Waals surface area contributed by atoms with Gasteiger partial charge in [-0.3, -0.25) is 14.9 Å². The molecule has 0 aliphatic carbocycles. The van der Waals surface area contributed by atoms with Crippen molar-refractivity contribution in [2.75, 3.05) is 22.8 Å². The zero-order valence-corrected chi connectivity index (χ0v) is 30.8. The molecule has 49 heavy (non-hydrogen) atoms. The molecule has 0 fully saturated rings. The van der Waals surface area contributed by atoms with E-state index in [2.05, 4.69) is 74.7 Å². The summed E-state index contributed by atoms with van der Waals surface area (Å²) < 4.78 is 11.6. The van der Waals surface area contributed by atoms with Crippen molar-refractivity contribution < 1.29 is 23.9 Å². The number of amidine groups is 1. The second kappa shape index (κ2) is 15.5. The number of hydrazone groups is 1. The molecule has 1 aliphatic rings. The summed E-state index contributed by atoms with van der Waals surface area (Å²) in [4.78, 5) is 39.0. The lowest BCUT2D eigenvalue weighted by Crippen LogP contribution is -2.34. The van der Waals surface area contributed by atoms with Gasteiger partial charge in [-0.05, 0) is 59.9 Å². The summed E-state index contributed by atoms with van der Waals surface area (Å²) in [6, 6.07) is 15.4. The number of hydrogen-bond acceptors (Lipinski definition) is 6. The lowest BCUT2D eigenvalue weighted by Gasteiger charge is -2.31. The first-order chi connectivity index (χ1) is 23.1. The second-order valence-electron chi connectivity index (χ2n) is 13.2. The topological polar surface area (TPSA) is 121 Å². The van der Waals surface area contributed by atoms with Gasteiger partial charge in [-0.2, -0.15) is 10.1 Å². The third-order valence-corrected chi connectivity index (χ3v) is 9.63. The molecule has 262 valence electrons. The van der Waals surface area contributed by atoms with Crippen molar-refractivity contribution in [1.29, 1.82) is 0 Å². The number of carbonyl (C=O) groups is 3. The normalized spacial score (nSPS) is 13.9. The van der Waals surface area contributed by atoms with Crippen LogP contribution in [-0.2, 0) is 20.4 Å². The minimum Gasteiger partial charge on any atom is -0.497 e. The van der Waals surface area contributed by atoms with Crippen LogP contribution in [0.1, 0.15) is 85.3 Å². The zero-order chi connectivity index (χ0) is 36.1. The van der Waals surface area contributed by atoms with Crippen LogP contribution in [0.2, 0.25) is 10.0 Å². The second-order valence-corrected chi connectivity index (χ2v) is 14.0. The summed E-state index contributed by atoms with van der Waals surface area (Å²) in [6.45, 7) is 15.1. The van der Waals surface area contributed by atoms with Gasteiger partial charge in [0.2, 0.25) is 0 Å². The molecule has 0 saturated carbocycles. The number of nitrogens with zero attached hydrogens (tertiary/aromatic N) is 2. The molecule has 3 aromatic rings. The minimum atomic E-state index is -0.745. The molecule has 0 saturated heterocycles. The molecule has 4 rings (SSSR count). The van der Waals surface area contributed by atoms with Crippen LogP contribution < -0.4 is 30.4 Å². The fourth-order valence-corrected chi connectivity index (χ4v) is 5.81.